The molecule has 3 nitrogen and oxygen atoms in total. The van der Waals surface area contributed by atoms with E-state index in [1.165, 1.54) is 0 Å². The molecule has 0 aromatic heterocycles. The molecule has 1 unspecified atom stereocenters. The van der Waals surface area contributed by atoms with Crippen molar-refractivity contribution < 1.29 is 9.90 Å². The van der Waals surface area contributed by atoms with Crippen LogP contribution in [0.25, 0.3) is 0 Å². The van der Waals surface area contributed by atoms with Gasteiger partial charge in [0.15, 0.2) is 0 Å². The molecule has 0 rings (SSSR count). The highest BCUT2D eigenvalue weighted by molar-refractivity contribution is 7.98. The van der Waals surface area contributed by atoms with Gasteiger partial charge in [0.25, 0.3) is 0 Å². The average Bonchev–Trinajstić information content (AvgIpc) is 2.14. The van der Waals surface area contributed by atoms with Crippen LogP contribution in [-0.4, -0.2) is 35.2 Å². The van der Waals surface area contributed by atoms with Gasteiger partial charge in [0, 0.05) is 12.2 Å². The number of amides is 1. The van der Waals surface area contributed by atoms with E-state index < -0.39 is 5.54 Å². The van der Waals surface area contributed by atoms with Gasteiger partial charge < -0.3 is 10.4 Å². The summed E-state index contributed by atoms with van der Waals surface area (Å²) in [5.74, 6) is 0.851. The van der Waals surface area contributed by atoms with Crippen molar-refractivity contribution in [2.45, 2.75) is 32.2 Å². The van der Waals surface area contributed by atoms with Gasteiger partial charge >= 0.3 is 0 Å². The standard InChI is InChI=1S/C9H19NO2S/c1-4-9(2,7-11)10-8(12)5-6-13-3/h11H,4-7H2,1-3H3,(H,10,12). The zero-order chi connectivity index (χ0) is 10.3. The molecule has 1 atom stereocenters. The van der Waals surface area contributed by atoms with Crippen LogP contribution in [0.1, 0.15) is 26.7 Å². The molecular formula is C9H19NO2S. The van der Waals surface area contributed by atoms with Crippen molar-refractivity contribution in [2.24, 2.45) is 0 Å². The Bertz CT molecular complexity index is 158. The van der Waals surface area contributed by atoms with Crippen LogP contribution in [0.15, 0.2) is 0 Å². The molecule has 0 saturated heterocycles. The Morgan fingerprint density at radius 3 is 2.62 bits per heavy atom. The van der Waals surface area contributed by atoms with Crippen LogP contribution in [0.4, 0.5) is 0 Å². The molecule has 78 valence electrons. The van der Waals surface area contributed by atoms with Gasteiger partial charge in [-0.3, -0.25) is 4.79 Å². The highest BCUT2D eigenvalue weighted by Gasteiger charge is 2.22. The molecule has 2 N–H and O–H groups in total. The van der Waals surface area contributed by atoms with Crippen LogP contribution in [0.5, 0.6) is 0 Å². The predicted molar refractivity (Wildman–Crippen MR) is 56.9 cm³/mol. The lowest BCUT2D eigenvalue weighted by Gasteiger charge is -2.27. The number of hydrogen-bond donors (Lipinski definition) is 2. The summed E-state index contributed by atoms with van der Waals surface area (Å²) in [6.07, 6.45) is 3.24. The summed E-state index contributed by atoms with van der Waals surface area (Å²) < 4.78 is 0. The first-order valence-electron chi connectivity index (χ1n) is 4.49. The molecule has 1 amide bonds. The van der Waals surface area contributed by atoms with Crippen LogP contribution >= 0.6 is 11.8 Å². The van der Waals surface area contributed by atoms with E-state index in [1.54, 1.807) is 11.8 Å². The first kappa shape index (κ1) is 12.8. The van der Waals surface area contributed by atoms with E-state index in [-0.39, 0.29) is 12.5 Å². The molecule has 13 heavy (non-hydrogen) atoms. The molecule has 0 aromatic carbocycles. The number of aliphatic hydroxyl groups excluding tert-OH is 1. The molecule has 4 heteroatoms. The first-order chi connectivity index (χ1) is 6.08. The largest absolute Gasteiger partial charge is 0.394 e. The van der Waals surface area contributed by atoms with Gasteiger partial charge in [0.05, 0.1) is 12.1 Å². The minimum atomic E-state index is -0.449. The first-order valence-corrected chi connectivity index (χ1v) is 5.88. The van der Waals surface area contributed by atoms with Crippen LogP contribution in [0.3, 0.4) is 0 Å². The quantitative estimate of drug-likeness (QED) is 0.680. The number of carbonyl (C=O) groups excluding carboxylic acids is 1. The topological polar surface area (TPSA) is 49.3 Å². The zero-order valence-corrected chi connectivity index (χ0v) is 9.41. The second-order valence-corrected chi connectivity index (χ2v) is 4.35. The van der Waals surface area contributed by atoms with Crippen LogP contribution in [-0.2, 0) is 4.79 Å². The number of aliphatic hydroxyl groups is 1. The summed E-state index contributed by atoms with van der Waals surface area (Å²) in [5, 5.41) is 11.9. The molecule has 0 saturated carbocycles. The number of hydrogen-bond acceptors (Lipinski definition) is 3. The van der Waals surface area contributed by atoms with Crippen LogP contribution in [0.2, 0.25) is 0 Å². The number of carbonyl (C=O) groups is 1. The lowest BCUT2D eigenvalue weighted by Crippen LogP contribution is -2.48. The number of nitrogens with one attached hydrogen (secondary N) is 1. The van der Waals surface area contributed by atoms with Crippen LogP contribution < -0.4 is 5.32 Å². The van der Waals surface area contributed by atoms with Crippen LogP contribution in [0, 0.1) is 0 Å². The van der Waals surface area contributed by atoms with Crippen molar-refractivity contribution in [3.63, 3.8) is 0 Å². The molecule has 0 aliphatic carbocycles. The summed E-state index contributed by atoms with van der Waals surface area (Å²) >= 11 is 1.65. The highest BCUT2D eigenvalue weighted by Crippen LogP contribution is 2.08. The Labute approximate surface area is 84.3 Å². The third-order valence-corrected chi connectivity index (χ3v) is 2.72. The minimum Gasteiger partial charge on any atom is -0.394 e. The third-order valence-electron chi connectivity index (χ3n) is 2.10. The molecule has 0 fully saturated rings. The molecule has 0 radical (unpaired) electrons. The van der Waals surface area contributed by atoms with Crippen molar-refractivity contribution in [1.82, 2.24) is 5.32 Å². The van der Waals surface area contributed by atoms with E-state index >= 15 is 0 Å². The van der Waals surface area contributed by atoms with Gasteiger partial charge in [0.2, 0.25) is 5.91 Å². The van der Waals surface area contributed by atoms with E-state index in [0.29, 0.717) is 6.42 Å². The van der Waals surface area contributed by atoms with Crippen molar-refractivity contribution in [2.75, 3.05) is 18.6 Å². The molecular weight excluding hydrogens is 186 g/mol. The zero-order valence-electron chi connectivity index (χ0n) is 8.59. The summed E-state index contributed by atoms with van der Waals surface area (Å²) in [5.41, 5.74) is -0.449. The van der Waals surface area contributed by atoms with Crippen molar-refractivity contribution in [1.29, 1.82) is 0 Å². The second-order valence-electron chi connectivity index (χ2n) is 3.36. The maximum atomic E-state index is 11.3. The Morgan fingerprint density at radius 1 is 1.62 bits per heavy atom. The molecule has 0 aromatic rings. The highest BCUT2D eigenvalue weighted by atomic mass is 32.2. The van der Waals surface area contributed by atoms with E-state index in [4.69, 9.17) is 5.11 Å². The summed E-state index contributed by atoms with van der Waals surface area (Å²) in [6.45, 7) is 3.80. The van der Waals surface area contributed by atoms with Crippen molar-refractivity contribution in [3.8, 4) is 0 Å². The average molecular weight is 205 g/mol. The smallest absolute Gasteiger partial charge is 0.221 e. The van der Waals surface area contributed by atoms with E-state index in [9.17, 15) is 4.79 Å². The minimum absolute atomic E-state index is 0.00545. The lowest BCUT2D eigenvalue weighted by molar-refractivity contribution is -0.123. The summed E-state index contributed by atoms with van der Waals surface area (Å²) in [6, 6.07) is 0. The Kier molecular flexibility index (Phi) is 6.16. The van der Waals surface area contributed by atoms with Crippen molar-refractivity contribution in [3.05, 3.63) is 0 Å². The maximum absolute atomic E-state index is 11.3. The van der Waals surface area contributed by atoms with Gasteiger partial charge in [-0.1, -0.05) is 6.92 Å². The number of thioether (sulfide) groups is 1. The Morgan fingerprint density at radius 2 is 2.23 bits per heavy atom. The monoisotopic (exact) mass is 205 g/mol. The SMILES string of the molecule is CCC(C)(CO)NC(=O)CCSC. The van der Waals surface area contributed by atoms with Crippen molar-refractivity contribution >= 4 is 17.7 Å². The van der Waals surface area contributed by atoms with Gasteiger partial charge in [0.1, 0.15) is 0 Å². The third kappa shape index (κ3) is 5.16. The number of rotatable bonds is 6. The van der Waals surface area contributed by atoms with Gasteiger partial charge in [-0.2, -0.15) is 11.8 Å². The molecule has 0 spiro atoms. The predicted octanol–water partition coefficient (Wildman–Crippen LogP) is 1.02. The molecule has 0 heterocycles. The Hall–Kier alpha value is -0.220. The Balaban J connectivity index is 3.87. The fourth-order valence-corrected chi connectivity index (χ4v) is 1.22. The summed E-state index contributed by atoms with van der Waals surface area (Å²) in [7, 11) is 0. The molecule has 0 aliphatic heterocycles. The lowest BCUT2D eigenvalue weighted by atomic mass is 10.0. The molecule has 0 bridgehead atoms. The van der Waals surface area contributed by atoms with Gasteiger partial charge in [-0.15, -0.1) is 0 Å². The molecule has 0 aliphatic rings. The fourth-order valence-electron chi connectivity index (χ4n) is 0.834. The normalized spacial score (nSPS) is 15.1. The maximum Gasteiger partial charge on any atom is 0.221 e. The fraction of sp³-hybridized carbons (Fsp3) is 0.889. The van der Waals surface area contributed by atoms with Gasteiger partial charge in [-0.05, 0) is 19.6 Å². The van der Waals surface area contributed by atoms with E-state index in [0.717, 1.165) is 12.2 Å². The second kappa shape index (κ2) is 6.27. The van der Waals surface area contributed by atoms with E-state index in [2.05, 4.69) is 5.32 Å². The van der Waals surface area contributed by atoms with E-state index in [1.807, 2.05) is 20.1 Å². The summed E-state index contributed by atoms with van der Waals surface area (Å²) in [4.78, 5) is 11.3. The van der Waals surface area contributed by atoms with Gasteiger partial charge in [-0.25, -0.2) is 0 Å².